The lowest BCUT2D eigenvalue weighted by molar-refractivity contribution is -0.137. The maximum Gasteiger partial charge on any atom is 0.304 e. The predicted molar refractivity (Wildman–Crippen MR) is 50.5 cm³/mol. The Balaban J connectivity index is 2.64. The van der Waals surface area contributed by atoms with Crippen LogP contribution in [-0.4, -0.2) is 16.1 Å². The van der Waals surface area contributed by atoms with E-state index in [1.54, 1.807) is 0 Å². The van der Waals surface area contributed by atoms with E-state index < -0.39 is 5.97 Å². The lowest BCUT2D eigenvalue weighted by Crippen LogP contribution is -2.02. The zero-order chi connectivity index (χ0) is 9.14. The molecule has 66 valence electrons. The van der Waals surface area contributed by atoms with Gasteiger partial charge in [0.2, 0.25) is 0 Å². The first-order valence-electron chi connectivity index (χ1n) is 3.42. The summed E-state index contributed by atoms with van der Waals surface area (Å²) >= 11 is 4.70. The number of nitrogens with zero attached hydrogens (tertiary/aromatic N) is 1. The standard InChI is InChI=1S/C7H8BrNO2S/c1-4(2-6(10)11)7-9-5(8)3-12-7/h3-4H,2H2,1H3,(H,10,11). The summed E-state index contributed by atoms with van der Waals surface area (Å²) in [6.45, 7) is 1.86. The van der Waals surface area contributed by atoms with E-state index in [2.05, 4.69) is 20.9 Å². The van der Waals surface area contributed by atoms with Gasteiger partial charge in [0.1, 0.15) is 4.60 Å². The minimum atomic E-state index is -0.783. The highest BCUT2D eigenvalue weighted by molar-refractivity contribution is 9.10. The molecule has 12 heavy (non-hydrogen) atoms. The van der Waals surface area contributed by atoms with Crippen LogP contribution in [-0.2, 0) is 4.79 Å². The summed E-state index contributed by atoms with van der Waals surface area (Å²) in [4.78, 5) is 14.5. The zero-order valence-corrected chi connectivity index (χ0v) is 8.85. The first-order valence-corrected chi connectivity index (χ1v) is 5.09. The molecular weight excluding hydrogens is 242 g/mol. The van der Waals surface area contributed by atoms with Gasteiger partial charge in [-0.3, -0.25) is 4.79 Å². The van der Waals surface area contributed by atoms with Crippen LogP contribution in [0.15, 0.2) is 9.98 Å². The Morgan fingerprint density at radius 1 is 1.92 bits per heavy atom. The van der Waals surface area contributed by atoms with Crippen molar-refractivity contribution in [3.8, 4) is 0 Å². The van der Waals surface area contributed by atoms with Gasteiger partial charge >= 0.3 is 5.97 Å². The highest BCUT2D eigenvalue weighted by atomic mass is 79.9. The maximum atomic E-state index is 10.4. The molecule has 3 nitrogen and oxygen atoms in total. The molecule has 5 heteroatoms. The van der Waals surface area contributed by atoms with Gasteiger partial charge in [0.25, 0.3) is 0 Å². The number of thiazole rings is 1. The number of carboxylic acid groups (broad SMARTS) is 1. The number of rotatable bonds is 3. The van der Waals surface area contributed by atoms with Crippen LogP contribution in [0, 0.1) is 0 Å². The Bertz CT molecular complexity index is 287. The summed E-state index contributed by atoms with van der Waals surface area (Å²) in [5.41, 5.74) is 0. The summed E-state index contributed by atoms with van der Waals surface area (Å²) in [7, 11) is 0. The fourth-order valence-corrected chi connectivity index (χ4v) is 2.17. The SMILES string of the molecule is CC(CC(=O)O)c1nc(Br)cs1. The predicted octanol–water partition coefficient (Wildman–Crippen LogP) is 2.48. The van der Waals surface area contributed by atoms with Gasteiger partial charge in [-0.05, 0) is 15.9 Å². The third kappa shape index (κ3) is 2.57. The number of aliphatic carboxylic acids is 1. The molecule has 0 radical (unpaired) electrons. The van der Waals surface area contributed by atoms with Crippen LogP contribution in [0.25, 0.3) is 0 Å². The Kier molecular flexibility index (Phi) is 3.22. The topological polar surface area (TPSA) is 50.2 Å². The number of carbonyl (C=O) groups is 1. The van der Waals surface area contributed by atoms with E-state index in [0.717, 1.165) is 9.61 Å². The Labute approximate surface area is 82.6 Å². The van der Waals surface area contributed by atoms with Gasteiger partial charge in [-0.15, -0.1) is 11.3 Å². The third-order valence-corrected chi connectivity index (χ3v) is 3.18. The molecule has 1 aromatic rings. The smallest absolute Gasteiger partial charge is 0.304 e. The lowest BCUT2D eigenvalue weighted by Gasteiger charge is -2.02. The van der Waals surface area contributed by atoms with Crippen molar-refractivity contribution in [2.45, 2.75) is 19.3 Å². The quantitative estimate of drug-likeness (QED) is 0.896. The Morgan fingerprint density at radius 3 is 3.00 bits per heavy atom. The van der Waals surface area contributed by atoms with Crippen LogP contribution in [0.4, 0.5) is 0 Å². The number of halogens is 1. The maximum absolute atomic E-state index is 10.4. The molecule has 1 unspecified atom stereocenters. The van der Waals surface area contributed by atoms with Crippen molar-refractivity contribution in [2.75, 3.05) is 0 Å². The highest BCUT2D eigenvalue weighted by Crippen LogP contribution is 2.24. The monoisotopic (exact) mass is 249 g/mol. The van der Waals surface area contributed by atoms with Crippen LogP contribution >= 0.6 is 27.3 Å². The minimum absolute atomic E-state index is 0.00111. The summed E-state index contributed by atoms with van der Waals surface area (Å²) in [5, 5.41) is 11.2. The van der Waals surface area contributed by atoms with E-state index in [9.17, 15) is 4.79 Å². The zero-order valence-electron chi connectivity index (χ0n) is 6.45. The first-order chi connectivity index (χ1) is 5.59. The molecule has 0 bridgehead atoms. The first kappa shape index (κ1) is 9.67. The molecule has 1 heterocycles. The van der Waals surface area contributed by atoms with Gasteiger partial charge in [-0.1, -0.05) is 6.92 Å². The van der Waals surface area contributed by atoms with E-state index in [1.807, 2.05) is 12.3 Å². The van der Waals surface area contributed by atoms with Gasteiger partial charge in [0, 0.05) is 11.3 Å². The number of aromatic nitrogens is 1. The molecule has 1 aromatic heterocycles. The second-order valence-electron chi connectivity index (χ2n) is 2.51. The normalized spacial score (nSPS) is 12.8. The molecular formula is C7H8BrNO2S. The van der Waals surface area contributed by atoms with E-state index >= 15 is 0 Å². The summed E-state index contributed by atoms with van der Waals surface area (Å²) < 4.78 is 0.778. The van der Waals surface area contributed by atoms with E-state index in [1.165, 1.54) is 11.3 Å². The molecule has 1 atom stereocenters. The lowest BCUT2D eigenvalue weighted by atomic mass is 10.1. The average Bonchev–Trinajstić information content (AvgIpc) is 2.34. The largest absolute Gasteiger partial charge is 0.481 e. The van der Waals surface area contributed by atoms with E-state index in [4.69, 9.17) is 5.11 Å². The minimum Gasteiger partial charge on any atom is -0.481 e. The van der Waals surface area contributed by atoms with Crippen molar-refractivity contribution in [1.82, 2.24) is 4.98 Å². The Morgan fingerprint density at radius 2 is 2.58 bits per heavy atom. The molecule has 0 aliphatic carbocycles. The molecule has 0 spiro atoms. The molecule has 0 saturated carbocycles. The van der Waals surface area contributed by atoms with Gasteiger partial charge in [0.05, 0.1) is 11.4 Å². The molecule has 0 aromatic carbocycles. The van der Waals surface area contributed by atoms with Gasteiger partial charge in [-0.25, -0.2) is 4.98 Å². The van der Waals surface area contributed by atoms with Crippen LogP contribution in [0.2, 0.25) is 0 Å². The van der Waals surface area contributed by atoms with Crippen LogP contribution in [0.3, 0.4) is 0 Å². The van der Waals surface area contributed by atoms with Crippen LogP contribution < -0.4 is 0 Å². The van der Waals surface area contributed by atoms with Crippen LogP contribution in [0.5, 0.6) is 0 Å². The fraction of sp³-hybridized carbons (Fsp3) is 0.429. The molecule has 1 N–H and O–H groups in total. The van der Waals surface area contributed by atoms with Crippen molar-refractivity contribution >= 4 is 33.2 Å². The van der Waals surface area contributed by atoms with Crippen molar-refractivity contribution in [2.24, 2.45) is 0 Å². The Hall–Kier alpha value is -0.420. The van der Waals surface area contributed by atoms with E-state index in [-0.39, 0.29) is 12.3 Å². The molecule has 0 aliphatic rings. The van der Waals surface area contributed by atoms with Gasteiger partial charge < -0.3 is 5.11 Å². The second kappa shape index (κ2) is 4.00. The number of hydrogen-bond donors (Lipinski definition) is 1. The van der Waals surface area contributed by atoms with Gasteiger partial charge in [-0.2, -0.15) is 0 Å². The summed E-state index contributed by atoms with van der Waals surface area (Å²) in [5.74, 6) is -0.785. The molecule has 0 aliphatic heterocycles. The summed E-state index contributed by atoms with van der Waals surface area (Å²) in [6.07, 6.45) is 0.139. The number of carboxylic acids is 1. The third-order valence-electron chi connectivity index (χ3n) is 1.40. The van der Waals surface area contributed by atoms with Crippen molar-refractivity contribution < 1.29 is 9.90 Å². The summed E-state index contributed by atoms with van der Waals surface area (Å²) in [6, 6.07) is 0. The highest BCUT2D eigenvalue weighted by Gasteiger charge is 2.13. The fourth-order valence-electron chi connectivity index (χ4n) is 0.843. The van der Waals surface area contributed by atoms with Gasteiger partial charge in [0.15, 0.2) is 0 Å². The van der Waals surface area contributed by atoms with Crippen LogP contribution in [0.1, 0.15) is 24.3 Å². The molecule has 1 rings (SSSR count). The van der Waals surface area contributed by atoms with Crippen molar-refractivity contribution in [1.29, 1.82) is 0 Å². The second-order valence-corrected chi connectivity index (χ2v) is 4.21. The molecule has 0 saturated heterocycles. The average molecular weight is 250 g/mol. The van der Waals surface area contributed by atoms with Crippen molar-refractivity contribution in [3.63, 3.8) is 0 Å². The number of hydrogen-bond acceptors (Lipinski definition) is 3. The van der Waals surface area contributed by atoms with E-state index in [0.29, 0.717) is 0 Å². The molecule has 0 fully saturated rings. The molecule has 0 amide bonds. The van der Waals surface area contributed by atoms with Crippen molar-refractivity contribution in [3.05, 3.63) is 15.0 Å².